The van der Waals surface area contributed by atoms with Gasteiger partial charge in [-0.1, -0.05) is 0 Å². The van der Waals surface area contributed by atoms with Crippen LogP contribution in [0.15, 0.2) is 0 Å². The Hall–Kier alpha value is -0.0900. The molecule has 2 fully saturated rings. The fourth-order valence-electron chi connectivity index (χ4n) is 2.22. The Morgan fingerprint density at radius 1 is 1.08 bits per heavy atom. The highest BCUT2D eigenvalue weighted by molar-refractivity contribution is 7.91. The molecule has 1 spiro atoms. The van der Waals surface area contributed by atoms with E-state index in [4.69, 9.17) is 0 Å². The van der Waals surface area contributed by atoms with Gasteiger partial charge in [0.2, 0.25) is 0 Å². The van der Waals surface area contributed by atoms with Gasteiger partial charge in [-0.3, -0.25) is 0 Å². The number of nitrogens with one attached hydrogen (secondary N) is 1. The molecular formula is C8H15NO2S. The van der Waals surface area contributed by atoms with Crippen molar-refractivity contribution in [3.63, 3.8) is 0 Å². The zero-order chi connectivity index (χ0) is 8.66. The van der Waals surface area contributed by atoms with E-state index in [-0.39, 0.29) is 5.54 Å². The van der Waals surface area contributed by atoms with Crippen LogP contribution in [0.5, 0.6) is 0 Å². The molecule has 2 saturated heterocycles. The number of sulfone groups is 1. The average molecular weight is 189 g/mol. The van der Waals surface area contributed by atoms with Gasteiger partial charge in [0, 0.05) is 5.54 Å². The van der Waals surface area contributed by atoms with Crippen molar-refractivity contribution in [2.24, 2.45) is 0 Å². The zero-order valence-corrected chi connectivity index (χ0v) is 7.99. The molecule has 0 saturated carbocycles. The SMILES string of the molecule is O=S1(=O)CCC2(CCCN2)CC1. The van der Waals surface area contributed by atoms with Crippen LogP contribution in [0.2, 0.25) is 0 Å². The van der Waals surface area contributed by atoms with Gasteiger partial charge in [-0.15, -0.1) is 0 Å². The van der Waals surface area contributed by atoms with Crippen molar-refractivity contribution in [3.05, 3.63) is 0 Å². The van der Waals surface area contributed by atoms with Gasteiger partial charge in [0.05, 0.1) is 11.5 Å². The minimum Gasteiger partial charge on any atom is -0.311 e. The quantitative estimate of drug-likeness (QED) is 0.597. The molecule has 2 aliphatic rings. The lowest BCUT2D eigenvalue weighted by atomic mass is 9.91. The Bertz CT molecular complexity index is 249. The lowest BCUT2D eigenvalue weighted by Gasteiger charge is -2.33. The van der Waals surface area contributed by atoms with E-state index in [1.807, 2.05) is 0 Å². The average Bonchev–Trinajstić information content (AvgIpc) is 2.46. The summed E-state index contributed by atoms with van der Waals surface area (Å²) < 4.78 is 22.3. The maximum Gasteiger partial charge on any atom is 0.150 e. The van der Waals surface area contributed by atoms with Crippen LogP contribution in [0.25, 0.3) is 0 Å². The second kappa shape index (κ2) is 2.70. The van der Waals surface area contributed by atoms with Gasteiger partial charge in [-0.25, -0.2) is 8.42 Å². The van der Waals surface area contributed by atoms with Crippen LogP contribution in [-0.2, 0) is 9.84 Å². The zero-order valence-electron chi connectivity index (χ0n) is 7.17. The van der Waals surface area contributed by atoms with E-state index < -0.39 is 9.84 Å². The van der Waals surface area contributed by atoms with E-state index in [9.17, 15) is 8.42 Å². The first kappa shape index (κ1) is 8.51. The molecule has 0 amide bonds. The molecule has 12 heavy (non-hydrogen) atoms. The summed E-state index contributed by atoms with van der Waals surface area (Å²) in [5.41, 5.74) is 0.200. The van der Waals surface area contributed by atoms with Crippen molar-refractivity contribution in [2.75, 3.05) is 18.1 Å². The molecular weight excluding hydrogens is 174 g/mol. The summed E-state index contributed by atoms with van der Waals surface area (Å²) >= 11 is 0. The summed E-state index contributed by atoms with van der Waals surface area (Å²) in [7, 11) is -2.69. The minimum absolute atomic E-state index is 0.200. The van der Waals surface area contributed by atoms with Crippen molar-refractivity contribution in [3.8, 4) is 0 Å². The first-order chi connectivity index (χ1) is 5.62. The number of hydrogen-bond acceptors (Lipinski definition) is 3. The molecule has 2 aliphatic heterocycles. The van der Waals surface area contributed by atoms with Crippen LogP contribution in [-0.4, -0.2) is 32.0 Å². The van der Waals surface area contributed by atoms with E-state index in [2.05, 4.69) is 5.32 Å². The fraction of sp³-hybridized carbons (Fsp3) is 1.00. The molecule has 3 nitrogen and oxygen atoms in total. The van der Waals surface area contributed by atoms with Gasteiger partial charge in [-0.05, 0) is 32.2 Å². The Balaban J connectivity index is 2.06. The van der Waals surface area contributed by atoms with Crippen LogP contribution in [0, 0.1) is 0 Å². The molecule has 0 aromatic heterocycles. The predicted molar refractivity (Wildman–Crippen MR) is 47.9 cm³/mol. The van der Waals surface area contributed by atoms with E-state index >= 15 is 0 Å². The first-order valence-electron chi connectivity index (χ1n) is 4.57. The third-order valence-electron chi connectivity index (χ3n) is 3.12. The molecule has 0 aromatic rings. The minimum atomic E-state index is -2.69. The third kappa shape index (κ3) is 1.50. The van der Waals surface area contributed by atoms with Gasteiger partial charge in [0.1, 0.15) is 9.84 Å². The van der Waals surface area contributed by atoms with Crippen LogP contribution in [0.1, 0.15) is 25.7 Å². The second-order valence-corrected chi connectivity index (χ2v) is 6.27. The Morgan fingerprint density at radius 2 is 1.75 bits per heavy atom. The standard InChI is InChI=1S/C8H15NO2S/c10-12(11)6-3-8(4-7-12)2-1-5-9-8/h9H,1-7H2. The maximum atomic E-state index is 11.2. The van der Waals surface area contributed by atoms with E-state index in [1.54, 1.807) is 0 Å². The first-order valence-corrected chi connectivity index (χ1v) is 6.40. The molecule has 0 atom stereocenters. The summed E-state index contributed by atoms with van der Waals surface area (Å²) in [5.74, 6) is 0.778. The lowest BCUT2D eigenvalue weighted by Crippen LogP contribution is -2.46. The molecule has 0 unspecified atom stereocenters. The van der Waals surface area contributed by atoms with Crippen LogP contribution < -0.4 is 5.32 Å². The van der Waals surface area contributed by atoms with Gasteiger partial charge >= 0.3 is 0 Å². The van der Waals surface area contributed by atoms with Crippen molar-refractivity contribution < 1.29 is 8.42 Å². The number of rotatable bonds is 0. The smallest absolute Gasteiger partial charge is 0.150 e. The van der Waals surface area contributed by atoms with E-state index in [0.29, 0.717) is 11.5 Å². The largest absolute Gasteiger partial charge is 0.311 e. The molecule has 0 aliphatic carbocycles. The summed E-state index contributed by atoms with van der Waals surface area (Å²) in [4.78, 5) is 0. The monoisotopic (exact) mass is 189 g/mol. The maximum absolute atomic E-state index is 11.2. The molecule has 2 rings (SSSR count). The van der Waals surface area contributed by atoms with Crippen molar-refractivity contribution >= 4 is 9.84 Å². The van der Waals surface area contributed by atoms with Crippen LogP contribution in [0.4, 0.5) is 0 Å². The normalized spacial score (nSPS) is 32.3. The van der Waals surface area contributed by atoms with Crippen LogP contribution >= 0.6 is 0 Å². The van der Waals surface area contributed by atoms with E-state index in [1.165, 1.54) is 12.8 Å². The topological polar surface area (TPSA) is 46.2 Å². The molecule has 70 valence electrons. The highest BCUT2D eigenvalue weighted by Crippen LogP contribution is 2.31. The third-order valence-corrected chi connectivity index (χ3v) is 4.77. The van der Waals surface area contributed by atoms with Crippen molar-refractivity contribution in [1.29, 1.82) is 0 Å². The molecule has 2 heterocycles. The van der Waals surface area contributed by atoms with Crippen molar-refractivity contribution in [2.45, 2.75) is 31.2 Å². The molecule has 0 aromatic carbocycles. The van der Waals surface area contributed by atoms with Crippen LogP contribution in [0.3, 0.4) is 0 Å². The predicted octanol–water partition coefficient (Wildman–Crippen LogP) is 0.317. The Morgan fingerprint density at radius 3 is 2.25 bits per heavy atom. The highest BCUT2D eigenvalue weighted by Gasteiger charge is 2.38. The highest BCUT2D eigenvalue weighted by atomic mass is 32.2. The summed E-state index contributed by atoms with van der Waals surface area (Å²) in [6.45, 7) is 1.07. The Labute approximate surface area is 73.5 Å². The van der Waals surface area contributed by atoms with E-state index in [0.717, 1.165) is 19.4 Å². The summed E-state index contributed by atoms with van der Waals surface area (Å²) in [6.07, 6.45) is 4.03. The summed E-state index contributed by atoms with van der Waals surface area (Å²) in [6, 6.07) is 0. The lowest BCUT2D eigenvalue weighted by molar-refractivity contribution is 0.339. The molecule has 1 N–H and O–H groups in total. The molecule has 0 radical (unpaired) electrons. The molecule has 0 bridgehead atoms. The number of hydrogen-bond donors (Lipinski definition) is 1. The van der Waals surface area contributed by atoms with Gasteiger partial charge in [0.15, 0.2) is 0 Å². The van der Waals surface area contributed by atoms with Gasteiger partial charge < -0.3 is 5.32 Å². The van der Waals surface area contributed by atoms with Gasteiger partial charge in [-0.2, -0.15) is 0 Å². The fourth-order valence-corrected chi connectivity index (χ4v) is 3.83. The summed E-state index contributed by atoms with van der Waals surface area (Å²) in [5, 5.41) is 3.45. The Kier molecular flexibility index (Phi) is 1.92. The van der Waals surface area contributed by atoms with Crippen molar-refractivity contribution in [1.82, 2.24) is 5.32 Å². The van der Waals surface area contributed by atoms with Gasteiger partial charge in [0.25, 0.3) is 0 Å². The second-order valence-electron chi connectivity index (χ2n) is 3.96. The molecule has 4 heteroatoms.